The number of carbonyl (C=O) groups is 2. The monoisotopic (exact) mass is 460 g/mol. The van der Waals surface area contributed by atoms with Crippen LogP contribution in [0, 0.1) is 5.92 Å². The van der Waals surface area contributed by atoms with Crippen molar-refractivity contribution in [3.63, 3.8) is 0 Å². The normalized spacial score (nSPS) is 13.1. The van der Waals surface area contributed by atoms with Crippen LogP contribution in [0.3, 0.4) is 0 Å². The summed E-state index contributed by atoms with van der Waals surface area (Å²) >= 11 is 0. The average Bonchev–Trinajstić information content (AvgIpc) is 3.21. The van der Waals surface area contributed by atoms with Gasteiger partial charge in [-0.25, -0.2) is 13.2 Å². The van der Waals surface area contributed by atoms with Gasteiger partial charge in [0.05, 0.1) is 17.7 Å². The predicted octanol–water partition coefficient (Wildman–Crippen LogP) is 2.77. The second kappa shape index (κ2) is 10.0. The van der Waals surface area contributed by atoms with Crippen molar-refractivity contribution < 1.29 is 27.5 Å². The Labute approximate surface area is 188 Å². The molecular formula is C23H28N2O6S. The molecule has 0 aliphatic carbocycles. The molecule has 9 heteroatoms. The largest absolute Gasteiger partial charge is 0.496 e. The fraction of sp³-hybridized carbons (Fsp3) is 0.391. The van der Waals surface area contributed by atoms with E-state index in [4.69, 9.17) is 9.47 Å². The smallest absolute Gasteiger partial charge is 0.342 e. The van der Waals surface area contributed by atoms with Crippen LogP contribution < -0.4 is 14.4 Å². The molecule has 0 spiro atoms. The lowest BCUT2D eigenvalue weighted by atomic mass is 10.1. The van der Waals surface area contributed by atoms with Gasteiger partial charge in [-0.2, -0.15) is 0 Å². The standard InChI is InChI=1S/C23H28N2O6S/c1-16(2)10-12-24-22(26)15-31-23(27)19-14-18(8-9-21(19)30-3)32(28,29)25-13-11-17-6-4-5-7-20(17)25/h4-9,14,16H,10-13,15H2,1-3H3,(H,24,26). The molecule has 32 heavy (non-hydrogen) atoms. The molecule has 0 radical (unpaired) electrons. The van der Waals surface area contributed by atoms with Crippen LogP contribution in [0.25, 0.3) is 0 Å². The van der Waals surface area contributed by atoms with E-state index < -0.39 is 28.5 Å². The first-order valence-corrected chi connectivity index (χ1v) is 11.9. The number of hydrogen-bond acceptors (Lipinski definition) is 6. The van der Waals surface area contributed by atoms with Gasteiger partial charge in [-0.1, -0.05) is 32.0 Å². The zero-order valence-electron chi connectivity index (χ0n) is 18.5. The highest BCUT2D eigenvalue weighted by molar-refractivity contribution is 7.92. The maximum absolute atomic E-state index is 13.3. The van der Waals surface area contributed by atoms with Crippen LogP contribution in [-0.2, 0) is 26.0 Å². The Morgan fingerprint density at radius 2 is 1.91 bits per heavy atom. The number of ether oxygens (including phenoxy) is 2. The number of carbonyl (C=O) groups excluding carboxylic acids is 2. The van der Waals surface area contributed by atoms with E-state index in [0.29, 0.717) is 31.1 Å². The number of anilines is 1. The zero-order chi connectivity index (χ0) is 23.3. The fourth-order valence-corrected chi connectivity index (χ4v) is 4.98. The molecule has 2 aromatic rings. The maximum Gasteiger partial charge on any atom is 0.342 e. The summed E-state index contributed by atoms with van der Waals surface area (Å²) in [6, 6.07) is 11.3. The number of benzene rings is 2. The first-order valence-electron chi connectivity index (χ1n) is 10.5. The number of methoxy groups -OCH3 is 1. The molecule has 1 aliphatic rings. The molecule has 0 atom stereocenters. The third kappa shape index (κ3) is 5.21. The van der Waals surface area contributed by atoms with E-state index in [1.807, 2.05) is 26.0 Å². The van der Waals surface area contributed by atoms with E-state index in [1.54, 1.807) is 12.1 Å². The second-order valence-corrected chi connectivity index (χ2v) is 9.79. The van der Waals surface area contributed by atoms with Gasteiger partial charge >= 0.3 is 5.97 Å². The molecule has 0 fully saturated rings. The molecule has 1 heterocycles. The van der Waals surface area contributed by atoms with E-state index in [-0.39, 0.29) is 16.2 Å². The molecule has 0 aromatic heterocycles. The van der Waals surface area contributed by atoms with Gasteiger partial charge in [0, 0.05) is 13.1 Å². The molecule has 0 unspecified atom stereocenters. The van der Waals surface area contributed by atoms with Crippen molar-refractivity contribution in [2.45, 2.75) is 31.6 Å². The molecule has 1 N–H and O–H groups in total. The van der Waals surface area contributed by atoms with Gasteiger partial charge in [0.2, 0.25) is 0 Å². The molecule has 1 amide bonds. The molecular weight excluding hydrogens is 432 g/mol. The summed E-state index contributed by atoms with van der Waals surface area (Å²) in [4.78, 5) is 24.5. The summed E-state index contributed by atoms with van der Waals surface area (Å²) in [7, 11) is -2.52. The van der Waals surface area contributed by atoms with E-state index in [9.17, 15) is 18.0 Å². The Morgan fingerprint density at radius 1 is 1.16 bits per heavy atom. The third-order valence-corrected chi connectivity index (χ3v) is 7.01. The highest BCUT2D eigenvalue weighted by atomic mass is 32.2. The highest BCUT2D eigenvalue weighted by Crippen LogP contribution is 2.34. The van der Waals surface area contributed by atoms with E-state index in [1.165, 1.54) is 29.6 Å². The van der Waals surface area contributed by atoms with Crippen LogP contribution in [0.1, 0.15) is 36.2 Å². The number of sulfonamides is 1. The van der Waals surface area contributed by atoms with Crippen LogP contribution in [0.2, 0.25) is 0 Å². The number of para-hydroxylation sites is 1. The Balaban J connectivity index is 1.77. The summed E-state index contributed by atoms with van der Waals surface area (Å²) in [6.45, 7) is 4.43. The summed E-state index contributed by atoms with van der Waals surface area (Å²) in [5.41, 5.74) is 1.52. The minimum atomic E-state index is -3.89. The summed E-state index contributed by atoms with van der Waals surface area (Å²) in [6.07, 6.45) is 1.43. The van der Waals surface area contributed by atoms with Gasteiger partial charge in [-0.05, 0) is 48.6 Å². The van der Waals surface area contributed by atoms with Gasteiger partial charge in [0.25, 0.3) is 15.9 Å². The number of rotatable bonds is 9. The van der Waals surface area contributed by atoms with Crippen LogP contribution in [0.4, 0.5) is 5.69 Å². The number of nitrogens with zero attached hydrogens (tertiary/aromatic N) is 1. The molecule has 172 valence electrons. The Morgan fingerprint density at radius 3 is 2.62 bits per heavy atom. The summed E-state index contributed by atoms with van der Waals surface area (Å²) < 4.78 is 38.2. The maximum atomic E-state index is 13.3. The summed E-state index contributed by atoms with van der Waals surface area (Å²) in [5, 5.41) is 2.68. The lowest BCUT2D eigenvalue weighted by molar-refractivity contribution is -0.124. The van der Waals surface area contributed by atoms with Gasteiger partial charge < -0.3 is 14.8 Å². The minimum Gasteiger partial charge on any atom is -0.496 e. The fourth-order valence-electron chi connectivity index (χ4n) is 3.45. The van der Waals surface area contributed by atoms with Gasteiger partial charge in [-0.3, -0.25) is 9.10 Å². The highest BCUT2D eigenvalue weighted by Gasteiger charge is 2.31. The van der Waals surface area contributed by atoms with E-state index >= 15 is 0 Å². The molecule has 8 nitrogen and oxygen atoms in total. The molecule has 0 saturated carbocycles. The van der Waals surface area contributed by atoms with Crippen molar-refractivity contribution in [2.24, 2.45) is 5.92 Å². The topological polar surface area (TPSA) is 102 Å². The van der Waals surface area contributed by atoms with Crippen molar-refractivity contribution in [1.82, 2.24) is 5.32 Å². The first-order chi connectivity index (χ1) is 15.2. The Kier molecular flexibility index (Phi) is 7.40. The second-order valence-electron chi connectivity index (χ2n) is 7.93. The number of amides is 1. The predicted molar refractivity (Wildman–Crippen MR) is 120 cm³/mol. The van der Waals surface area contributed by atoms with Gasteiger partial charge in [-0.15, -0.1) is 0 Å². The number of hydrogen-bond donors (Lipinski definition) is 1. The van der Waals surface area contributed by atoms with Crippen molar-refractivity contribution >= 4 is 27.6 Å². The van der Waals surface area contributed by atoms with Crippen molar-refractivity contribution in [2.75, 3.05) is 31.1 Å². The average molecular weight is 461 g/mol. The van der Waals surface area contributed by atoms with Crippen LogP contribution in [0.15, 0.2) is 47.4 Å². The van der Waals surface area contributed by atoms with Crippen LogP contribution in [0.5, 0.6) is 5.75 Å². The molecule has 0 saturated heterocycles. The zero-order valence-corrected chi connectivity index (χ0v) is 19.3. The van der Waals surface area contributed by atoms with Crippen LogP contribution in [-0.4, -0.2) is 47.1 Å². The number of nitrogens with one attached hydrogen (secondary N) is 1. The van der Waals surface area contributed by atoms with Gasteiger partial charge in [0.1, 0.15) is 11.3 Å². The number of fused-ring (bicyclic) bond motifs is 1. The van der Waals surface area contributed by atoms with Crippen molar-refractivity contribution in [1.29, 1.82) is 0 Å². The quantitative estimate of drug-likeness (QED) is 0.578. The van der Waals surface area contributed by atoms with E-state index in [2.05, 4.69) is 5.32 Å². The first kappa shape index (κ1) is 23.6. The SMILES string of the molecule is COc1ccc(S(=O)(=O)N2CCc3ccccc32)cc1C(=O)OCC(=O)NCCC(C)C. The lowest BCUT2D eigenvalue weighted by Gasteiger charge is -2.20. The molecule has 3 rings (SSSR count). The summed E-state index contributed by atoms with van der Waals surface area (Å²) in [5.74, 6) is -0.652. The van der Waals surface area contributed by atoms with Crippen molar-refractivity contribution in [3.8, 4) is 5.75 Å². The number of esters is 1. The van der Waals surface area contributed by atoms with E-state index in [0.717, 1.165) is 12.0 Å². The molecule has 1 aliphatic heterocycles. The third-order valence-electron chi connectivity index (χ3n) is 5.20. The lowest BCUT2D eigenvalue weighted by Crippen LogP contribution is -2.30. The van der Waals surface area contributed by atoms with Crippen LogP contribution >= 0.6 is 0 Å². The molecule has 0 bridgehead atoms. The molecule has 2 aromatic carbocycles. The minimum absolute atomic E-state index is 0.0525. The van der Waals surface area contributed by atoms with Gasteiger partial charge in [0.15, 0.2) is 6.61 Å². The Hall–Kier alpha value is -3.07. The van der Waals surface area contributed by atoms with Crippen molar-refractivity contribution in [3.05, 3.63) is 53.6 Å². The Bertz CT molecular complexity index is 1100.